The minimum Gasteiger partial charge on any atom is -0.378 e. The Morgan fingerprint density at radius 2 is 2.24 bits per heavy atom. The number of morpholine rings is 1. The van der Waals surface area contributed by atoms with Gasteiger partial charge in [-0.15, -0.1) is 0 Å². The van der Waals surface area contributed by atoms with E-state index in [0.29, 0.717) is 24.7 Å². The van der Waals surface area contributed by atoms with Crippen LogP contribution in [0.25, 0.3) is 0 Å². The first kappa shape index (κ1) is 12.5. The average molecular weight is 256 g/mol. The van der Waals surface area contributed by atoms with Gasteiger partial charge in [-0.3, -0.25) is 4.79 Å². The van der Waals surface area contributed by atoms with Gasteiger partial charge in [0, 0.05) is 27.1 Å². The van der Waals surface area contributed by atoms with E-state index < -0.39 is 0 Å². The van der Waals surface area contributed by atoms with E-state index in [-0.39, 0.29) is 5.78 Å². The average Bonchev–Trinajstić information content (AvgIpc) is 2.75. The predicted molar refractivity (Wildman–Crippen MR) is 65.9 cm³/mol. The Balaban J connectivity index is 2.22. The van der Waals surface area contributed by atoms with Crippen molar-refractivity contribution in [2.45, 2.75) is 13.5 Å². The van der Waals surface area contributed by atoms with E-state index in [1.54, 1.807) is 14.0 Å². The zero-order valence-corrected chi connectivity index (χ0v) is 10.9. The molecule has 0 N–H and O–H groups in total. The number of methoxy groups -OCH3 is 1. The summed E-state index contributed by atoms with van der Waals surface area (Å²) in [5.41, 5.74) is 0.742. The van der Waals surface area contributed by atoms with Crippen molar-refractivity contribution < 1.29 is 14.3 Å². The molecule has 2 heterocycles. The number of carbonyl (C=O) groups excluding carboxylic acids is 1. The summed E-state index contributed by atoms with van der Waals surface area (Å²) in [6.45, 7) is 5.04. The third kappa shape index (κ3) is 2.83. The summed E-state index contributed by atoms with van der Waals surface area (Å²) in [6.07, 6.45) is 0. The van der Waals surface area contributed by atoms with E-state index in [9.17, 15) is 4.79 Å². The highest BCUT2D eigenvalue weighted by Crippen LogP contribution is 2.27. The third-order valence-corrected chi connectivity index (χ3v) is 3.83. The lowest BCUT2D eigenvalue weighted by atomic mass is 10.3. The van der Waals surface area contributed by atoms with Gasteiger partial charge in [-0.05, 0) is 0 Å². The van der Waals surface area contributed by atoms with E-state index >= 15 is 0 Å². The molecule has 94 valence electrons. The Morgan fingerprint density at radius 1 is 1.53 bits per heavy atom. The van der Waals surface area contributed by atoms with Gasteiger partial charge >= 0.3 is 0 Å². The molecule has 0 aromatic carbocycles. The lowest BCUT2D eigenvalue weighted by Gasteiger charge is -2.26. The zero-order valence-electron chi connectivity index (χ0n) is 10.1. The third-order valence-electron chi connectivity index (χ3n) is 2.57. The molecule has 1 aliphatic heterocycles. The maximum absolute atomic E-state index is 11.5. The van der Waals surface area contributed by atoms with E-state index in [1.807, 2.05) is 0 Å². The standard InChI is InChI=1S/C11H16N2O3S/c1-8(14)10-9(7-15-2)12-11(17-10)13-3-5-16-6-4-13/h3-7H2,1-2H3. The number of aromatic nitrogens is 1. The summed E-state index contributed by atoms with van der Waals surface area (Å²) in [5.74, 6) is 0.0501. The fraction of sp³-hybridized carbons (Fsp3) is 0.636. The van der Waals surface area contributed by atoms with Gasteiger partial charge in [-0.1, -0.05) is 11.3 Å². The van der Waals surface area contributed by atoms with Crippen molar-refractivity contribution >= 4 is 22.3 Å². The van der Waals surface area contributed by atoms with Crippen molar-refractivity contribution in [1.29, 1.82) is 0 Å². The maximum Gasteiger partial charge on any atom is 0.186 e. The van der Waals surface area contributed by atoms with E-state index in [0.717, 1.165) is 23.9 Å². The molecule has 0 amide bonds. The second-order valence-electron chi connectivity index (χ2n) is 3.86. The molecule has 1 fully saturated rings. The number of hydrogen-bond donors (Lipinski definition) is 0. The molecule has 17 heavy (non-hydrogen) atoms. The van der Waals surface area contributed by atoms with Gasteiger partial charge in [0.25, 0.3) is 0 Å². The van der Waals surface area contributed by atoms with Gasteiger partial charge in [0.2, 0.25) is 0 Å². The van der Waals surface area contributed by atoms with Gasteiger partial charge in [0.1, 0.15) is 0 Å². The first-order valence-corrected chi connectivity index (χ1v) is 6.36. The second kappa shape index (κ2) is 5.57. The predicted octanol–water partition coefficient (Wildman–Crippen LogP) is 1.33. The number of anilines is 1. The number of ketones is 1. The molecule has 0 bridgehead atoms. The van der Waals surface area contributed by atoms with Crippen LogP contribution in [-0.2, 0) is 16.1 Å². The van der Waals surface area contributed by atoms with Gasteiger partial charge < -0.3 is 14.4 Å². The van der Waals surface area contributed by atoms with Gasteiger partial charge in [-0.25, -0.2) is 4.98 Å². The molecule has 2 rings (SSSR count). The molecule has 1 aromatic rings. The van der Waals surface area contributed by atoms with Gasteiger partial charge in [0.05, 0.1) is 30.4 Å². The van der Waals surface area contributed by atoms with Crippen molar-refractivity contribution in [2.75, 3.05) is 38.3 Å². The fourth-order valence-electron chi connectivity index (χ4n) is 1.74. The Labute approximate surface area is 104 Å². The summed E-state index contributed by atoms with van der Waals surface area (Å²) in [5, 5.41) is 0.894. The molecule has 6 heteroatoms. The van der Waals surface area contributed by atoms with Crippen molar-refractivity contribution in [3.8, 4) is 0 Å². The van der Waals surface area contributed by atoms with Crippen LogP contribution in [0.3, 0.4) is 0 Å². The SMILES string of the molecule is COCc1nc(N2CCOCC2)sc1C(C)=O. The topological polar surface area (TPSA) is 51.7 Å². The summed E-state index contributed by atoms with van der Waals surface area (Å²) >= 11 is 1.44. The Bertz CT molecular complexity index is 399. The molecule has 1 aliphatic rings. The molecule has 0 unspecified atom stereocenters. The largest absolute Gasteiger partial charge is 0.378 e. The summed E-state index contributed by atoms with van der Waals surface area (Å²) in [6, 6.07) is 0. The highest BCUT2D eigenvalue weighted by Gasteiger charge is 2.20. The highest BCUT2D eigenvalue weighted by molar-refractivity contribution is 7.17. The number of hydrogen-bond acceptors (Lipinski definition) is 6. The molecule has 0 atom stereocenters. The van der Waals surface area contributed by atoms with Crippen LogP contribution >= 0.6 is 11.3 Å². The van der Waals surface area contributed by atoms with Crippen molar-refractivity contribution in [3.63, 3.8) is 0 Å². The lowest BCUT2D eigenvalue weighted by Crippen LogP contribution is -2.36. The molecule has 0 spiro atoms. The van der Waals surface area contributed by atoms with Gasteiger partial charge in [0.15, 0.2) is 10.9 Å². The summed E-state index contributed by atoms with van der Waals surface area (Å²) in [4.78, 5) is 18.9. The molecular formula is C11H16N2O3S. The highest BCUT2D eigenvalue weighted by atomic mass is 32.1. The number of ether oxygens (including phenoxy) is 2. The molecule has 1 saturated heterocycles. The minimum atomic E-state index is 0.0501. The Kier molecular flexibility index (Phi) is 4.09. The van der Waals surface area contributed by atoms with Crippen molar-refractivity contribution in [2.24, 2.45) is 0 Å². The minimum absolute atomic E-state index is 0.0501. The number of rotatable bonds is 4. The van der Waals surface area contributed by atoms with Gasteiger partial charge in [-0.2, -0.15) is 0 Å². The molecular weight excluding hydrogens is 240 g/mol. The van der Waals surface area contributed by atoms with Crippen LogP contribution in [0.2, 0.25) is 0 Å². The number of nitrogens with zero attached hydrogens (tertiary/aromatic N) is 2. The van der Waals surface area contributed by atoms with Crippen LogP contribution in [0.15, 0.2) is 0 Å². The maximum atomic E-state index is 11.5. The number of thiazole rings is 1. The fourth-order valence-corrected chi connectivity index (χ4v) is 2.75. The quantitative estimate of drug-likeness (QED) is 0.761. The Morgan fingerprint density at radius 3 is 2.82 bits per heavy atom. The van der Waals surface area contributed by atoms with Crippen LogP contribution in [-0.4, -0.2) is 44.2 Å². The number of Topliss-reactive ketones (excluding diaryl/α,β-unsaturated/α-hetero) is 1. The lowest BCUT2D eigenvalue weighted by molar-refractivity contribution is 0.101. The smallest absolute Gasteiger partial charge is 0.186 e. The second-order valence-corrected chi connectivity index (χ2v) is 4.84. The van der Waals surface area contributed by atoms with Crippen LogP contribution < -0.4 is 4.90 Å². The number of carbonyl (C=O) groups is 1. The van der Waals surface area contributed by atoms with E-state index in [4.69, 9.17) is 9.47 Å². The molecule has 1 aromatic heterocycles. The first-order chi connectivity index (χ1) is 8.22. The van der Waals surface area contributed by atoms with Crippen LogP contribution in [0, 0.1) is 0 Å². The molecule has 5 nitrogen and oxygen atoms in total. The summed E-state index contributed by atoms with van der Waals surface area (Å²) in [7, 11) is 1.61. The van der Waals surface area contributed by atoms with E-state index in [2.05, 4.69) is 9.88 Å². The normalized spacial score (nSPS) is 16.2. The monoisotopic (exact) mass is 256 g/mol. The molecule has 0 aliphatic carbocycles. The molecule has 0 saturated carbocycles. The van der Waals surface area contributed by atoms with Crippen molar-refractivity contribution in [3.05, 3.63) is 10.6 Å². The Hall–Kier alpha value is -0.980. The first-order valence-electron chi connectivity index (χ1n) is 5.54. The van der Waals surface area contributed by atoms with Crippen LogP contribution in [0.5, 0.6) is 0 Å². The summed E-state index contributed by atoms with van der Waals surface area (Å²) < 4.78 is 10.4. The zero-order chi connectivity index (χ0) is 12.3. The molecule has 0 radical (unpaired) electrons. The van der Waals surface area contributed by atoms with E-state index in [1.165, 1.54) is 11.3 Å². The van der Waals surface area contributed by atoms with Crippen molar-refractivity contribution in [1.82, 2.24) is 4.98 Å². The van der Waals surface area contributed by atoms with Crippen LogP contribution in [0.1, 0.15) is 22.3 Å². The van der Waals surface area contributed by atoms with Crippen LogP contribution in [0.4, 0.5) is 5.13 Å².